The second-order valence-electron chi connectivity index (χ2n) is 11.1. The average molecular weight is 436 g/mol. The summed E-state index contributed by atoms with van der Waals surface area (Å²) in [5.74, 6) is 0. The molecular weight excluding hydrogens is 400 g/mol. The number of hydrogen-bond acceptors (Lipinski definition) is 1. The Bertz CT molecular complexity index is 1270. The molecule has 4 aliphatic heterocycles. The van der Waals surface area contributed by atoms with Crippen LogP contribution in [-0.4, -0.2) is 23.4 Å². The monoisotopic (exact) mass is 435 g/mol. The summed E-state index contributed by atoms with van der Waals surface area (Å²) in [7, 11) is 0. The number of allylic oxidation sites excluding steroid dienone is 6. The molecule has 0 fully saturated rings. The van der Waals surface area contributed by atoms with Crippen LogP contribution in [0.25, 0.3) is 0 Å². The van der Waals surface area contributed by atoms with Crippen molar-refractivity contribution in [3.05, 3.63) is 94.7 Å². The topological polar surface area (TPSA) is 6.25 Å². The van der Waals surface area contributed by atoms with Gasteiger partial charge in [0, 0.05) is 47.0 Å². The minimum atomic E-state index is 0.0648. The van der Waals surface area contributed by atoms with E-state index < -0.39 is 0 Å². The van der Waals surface area contributed by atoms with Gasteiger partial charge >= 0.3 is 0 Å². The van der Waals surface area contributed by atoms with Crippen molar-refractivity contribution in [2.45, 2.75) is 64.2 Å². The first-order valence-corrected chi connectivity index (χ1v) is 12.6. The van der Waals surface area contributed by atoms with E-state index in [0.29, 0.717) is 0 Å². The van der Waals surface area contributed by atoms with Crippen LogP contribution in [0.4, 0.5) is 11.4 Å². The molecule has 0 unspecified atom stereocenters. The van der Waals surface area contributed by atoms with Gasteiger partial charge in [-0.15, -0.1) is 0 Å². The van der Waals surface area contributed by atoms with E-state index in [0.717, 1.165) is 13.1 Å². The smallest absolute Gasteiger partial charge is 0.209 e. The summed E-state index contributed by atoms with van der Waals surface area (Å²) in [6.45, 7) is 11.8. The number of fused-ring (bicyclic) bond motifs is 5. The molecule has 4 aliphatic rings. The fraction of sp³-hybridized carbons (Fsp3) is 0.387. The van der Waals surface area contributed by atoms with Crippen molar-refractivity contribution >= 4 is 17.1 Å². The largest absolute Gasteiger partial charge is 0.344 e. The fourth-order valence-electron chi connectivity index (χ4n) is 6.96. The summed E-state index contributed by atoms with van der Waals surface area (Å²) < 4.78 is 2.58. The Morgan fingerprint density at radius 2 is 1.61 bits per heavy atom. The first-order chi connectivity index (χ1) is 15.9. The molecule has 0 aliphatic carbocycles. The van der Waals surface area contributed by atoms with Crippen molar-refractivity contribution < 1.29 is 4.58 Å². The van der Waals surface area contributed by atoms with E-state index in [9.17, 15) is 0 Å². The molecule has 2 nitrogen and oxygen atoms in total. The summed E-state index contributed by atoms with van der Waals surface area (Å²) in [6.07, 6.45) is 11.9. The maximum Gasteiger partial charge on any atom is 0.209 e. The number of rotatable bonds is 2. The van der Waals surface area contributed by atoms with Crippen molar-refractivity contribution in [1.82, 2.24) is 0 Å². The number of hydrogen-bond donors (Lipinski definition) is 0. The van der Waals surface area contributed by atoms with Crippen LogP contribution < -0.4 is 4.90 Å². The van der Waals surface area contributed by atoms with Gasteiger partial charge in [-0.3, -0.25) is 0 Å². The molecule has 0 saturated carbocycles. The first kappa shape index (κ1) is 20.7. The van der Waals surface area contributed by atoms with Crippen LogP contribution in [0.2, 0.25) is 0 Å². The van der Waals surface area contributed by atoms with Crippen LogP contribution in [0, 0.1) is 0 Å². The van der Waals surface area contributed by atoms with E-state index >= 15 is 0 Å². The lowest BCUT2D eigenvalue weighted by Gasteiger charge is -2.33. The zero-order valence-corrected chi connectivity index (χ0v) is 20.5. The third-order valence-electron chi connectivity index (χ3n) is 8.32. The predicted molar refractivity (Wildman–Crippen MR) is 139 cm³/mol. The molecule has 2 aromatic rings. The highest BCUT2D eigenvalue weighted by atomic mass is 15.2. The summed E-state index contributed by atoms with van der Waals surface area (Å²) in [4.78, 5) is 2.58. The molecule has 0 aromatic heterocycles. The van der Waals surface area contributed by atoms with Gasteiger partial charge in [0.05, 0.1) is 5.41 Å². The molecule has 0 spiro atoms. The third kappa shape index (κ3) is 2.96. The molecule has 2 heteroatoms. The van der Waals surface area contributed by atoms with Gasteiger partial charge in [0.1, 0.15) is 6.54 Å². The van der Waals surface area contributed by atoms with E-state index in [-0.39, 0.29) is 10.8 Å². The second-order valence-corrected chi connectivity index (χ2v) is 11.1. The van der Waals surface area contributed by atoms with Gasteiger partial charge in [0.25, 0.3) is 0 Å². The van der Waals surface area contributed by atoms with Crippen LogP contribution in [0.15, 0.2) is 83.6 Å². The molecule has 0 amide bonds. The van der Waals surface area contributed by atoms with Crippen molar-refractivity contribution in [3.8, 4) is 0 Å². The third-order valence-corrected chi connectivity index (χ3v) is 8.32. The molecule has 0 atom stereocenters. The quantitative estimate of drug-likeness (QED) is 0.453. The molecule has 0 N–H and O–H groups in total. The summed E-state index contributed by atoms with van der Waals surface area (Å²) in [5, 5.41) is 0. The number of benzene rings is 2. The van der Waals surface area contributed by atoms with Gasteiger partial charge < -0.3 is 4.90 Å². The normalized spacial score (nSPS) is 23.8. The first-order valence-electron chi connectivity index (χ1n) is 12.6. The number of nitrogens with zero attached hydrogens (tertiary/aromatic N) is 2. The lowest BCUT2D eigenvalue weighted by atomic mass is 9.77. The van der Waals surface area contributed by atoms with E-state index in [1.165, 1.54) is 70.7 Å². The maximum atomic E-state index is 2.58. The van der Waals surface area contributed by atoms with Gasteiger partial charge in [-0.2, -0.15) is 4.58 Å². The molecule has 0 saturated heterocycles. The summed E-state index contributed by atoms with van der Waals surface area (Å²) in [6, 6.07) is 18.0. The molecular formula is C31H35N2+. The lowest BCUT2D eigenvalue weighted by Crippen LogP contribution is -2.34. The van der Waals surface area contributed by atoms with Gasteiger partial charge in [0.2, 0.25) is 5.69 Å². The molecule has 2 aromatic carbocycles. The Kier molecular flexibility index (Phi) is 4.59. The number of anilines is 1. The Labute approximate surface area is 198 Å². The lowest BCUT2D eigenvalue weighted by molar-refractivity contribution is -0.441. The Morgan fingerprint density at radius 1 is 0.848 bits per heavy atom. The van der Waals surface area contributed by atoms with Gasteiger partial charge in [0.15, 0.2) is 5.71 Å². The van der Waals surface area contributed by atoms with Crippen LogP contribution in [0.5, 0.6) is 0 Å². The van der Waals surface area contributed by atoms with Crippen molar-refractivity contribution in [2.24, 2.45) is 0 Å². The minimum absolute atomic E-state index is 0.0648. The van der Waals surface area contributed by atoms with E-state index in [4.69, 9.17) is 0 Å². The molecule has 0 bridgehead atoms. The van der Waals surface area contributed by atoms with Gasteiger partial charge in [-0.1, -0.05) is 68.5 Å². The van der Waals surface area contributed by atoms with Crippen molar-refractivity contribution in [1.29, 1.82) is 0 Å². The Morgan fingerprint density at radius 3 is 2.45 bits per heavy atom. The van der Waals surface area contributed by atoms with Crippen molar-refractivity contribution in [2.75, 3.05) is 18.0 Å². The predicted octanol–water partition coefficient (Wildman–Crippen LogP) is 7.18. The van der Waals surface area contributed by atoms with Crippen LogP contribution in [-0.2, 0) is 10.8 Å². The number of para-hydroxylation sites is 2. The zero-order valence-electron chi connectivity index (χ0n) is 20.5. The highest BCUT2D eigenvalue weighted by Gasteiger charge is 2.48. The molecule has 168 valence electrons. The SMILES string of the molecule is CC1(C)C2=C(/C=C/C=C3\CCC[N+]4=C3C(C)(C)c3ccccc34)CCCN2c2ccccc21. The van der Waals surface area contributed by atoms with E-state index in [1.807, 2.05) is 0 Å². The minimum Gasteiger partial charge on any atom is -0.344 e. The summed E-state index contributed by atoms with van der Waals surface area (Å²) in [5.41, 5.74) is 11.9. The zero-order chi connectivity index (χ0) is 22.8. The van der Waals surface area contributed by atoms with Crippen LogP contribution in [0.1, 0.15) is 64.5 Å². The Hall–Kier alpha value is -2.87. The fourth-order valence-corrected chi connectivity index (χ4v) is 6.96. The maximum absolute atomic E-state index is 2.58. The second kappa shape index (κ2) is 7.32. The van der Waals surface area contributed by atoms with Crippen LogP contribution in [0.3, 0.4) is 0 Å². The highest BCUT2D eigenvalue weighted by Crippen LogP contribution is 2.51. The van der Waals surface area contributed by atoms with Gasteiger partial charge in [-0.05, 0) is 50.3 Å². The molecule has 4 heterocycles. The molecule has 0 radical (unpaired) electrons. The highest BCUT2D eigenvalue weighted by molar-refractivity contribution is 6.07. The Balaban J connectivity index is 1.38. The average Bonchev–Trinajstić information content (AvgIpc) is 3.21. The van der Waals surface area contributed by atoms with E-state index in [1.54, 1.807) is 0 Å². The van der Waals surface area contributed by atoms with E-state index in [2.05, 4.69) is 104 Å². The molecule has 33 heavy (non-hydrogen) atoms. The van der Waals surface area contributed by atoms with Crippen LogP contribution >= 0.6 is 0 Å². The molecule has 6 rings (SSSR count). The summed E-state index contributed by atoms with van der Waals surface area (Å²) >= 11 is 0. The van der Waals surface area contributed by atoms with Crippen molar-refractivity contribution in [3.63, 3.8) is 0 Å². The van der Waals surface area contributed by atoms with Gasteiger partial charge in [-0.25, -0.2) is 0 Å². The standard InChI is InChI=1S/C31H35N2/c1-30(2)24-16-5-7-18-26(24)32-20-10-14-22(28(30)32)12-9-13-23-15-11-21-33-27-19-8-6-17-25(27)31(3,4)29(23)33/h5-9,12-13,16-19H,10-11,14-15,20-21H2,1-4H3/q+1.